The Kier molecular flexibility index (Phi) is 4.20. The number of pyridine rings is 1. The van der Waals surface area contributed by atoms with Gasteiger partial charge in [0.25, 0.3) is 0 Å². The maximum Gasteiger partial charge on any atom is 0.335 e. The Bertz CT molecular complexity index is 697. The van der Waals surface area contributed by atoms with E-state index in [0.717, 1.165) is 6.07 Å². The summed E-state index contributed by atoms with van der Waals surface area (Å²) in [6, 6.07) is 4.21. The third kappa shape index (κ3) is 3.23. The normalized spacial score (nSPS) is 10.4. The molecule has 0 saturated carbocycles. The van der Waals surface area contributed by atoms with Crippen LogP contribution >= 0.6 is 27.5 Å². The number of hydrogen-bond donors (Lipinski definition) is 2. The number of anilines is 2. The Hall–Kier alpha value is -1.73. The van der Waals surface area contributed by atoms with Crippen molar-refractivity contribution in [3.05, 3.63) is 51.1 Å². The number of nitrogens with zero attached hydrogens (tertiary/aromatic N) is 1. The molecule has 0 aliphatic heterocycles. The summed E-state index contributed by atoms with van der Waals surface area (Å²) < 4.78 is 26.7. The maximum absolute atomic E-state index is 13.6. The zero-order valence-electron chi connectivity index (χ0n) is 9.62. The predicted octanol–water partition coefficient (Wildman–Crippen LogP) is 4.22. The molecule has 0 saturated heterocycles. The van der Waals surface area contributed by atoms with Crippen LogP contribution in [0.15, 0.2) is 28.7 Å². The van der Waals surface area contributed by atoms with Gasteiger partial charge in [0, 0.05) is 6.07 Å². The molecule has 0 amide bonds. The molecule has 4 nitrogen and oxygen atoms in total. The highest BCUT2D eigenvalue weighted by Crippen LogP contribution is 2.26. The van der Waals surface area contributed by atoms with Crippen molar-refractivity contribution in [2.45, 2.75) is 0 Å². The van der Waals surface area contributed by atoms with Crippen molar-refractivity contribution < 1.29 is 18.7 Å². The van der Waals surface area contributed by atoms with E-state index < -0.39 is 17.6 Å². The van der Waals surface area contributed by atoms with Gasteiger partial charge in [-0.25, -0.2) is 18.6 Å². The van der Waals surface area contributed by atoms with E-state index in [1.165, 1.54) is 12.1 Å². The van der Waals surface area contributed by atoms with E-state index in [1.807, 2.05) is 0 Å². The Morgan fingerprint density at radius 3 is 2.60 bits per heavy atom. The maximum atomic E-state index is 13.6. The monoisotopic (exact) mass is 362 g/mol. The summed E-state index contributed by atoms with van der Waals surface area (Å²) in [7, 11) is 0. The second kappa shape index (κ2) is 5.72. The number of nitrogens with one attached hydrogen (secondary N) is 1. The average Bonchev–Trinajstić information content (AvgIpc) is 2.35. The number of rotatable bonds is 3. The molecule has 0 spiro atoms. The van der Waals surface area contributed by atoms with E-state index in [0.29, 0.717) is 6.07 Å². The summed E-state index contributed by atoms with van der Waals surface area (Å²) in [5, 5.41) is 11.4. The number of hydrogen-bond acceptors (Lipinski definition) is 3. The summed E-state index contributed by atoms with van der Waals surface area (Å²) in [5.41, 5.74) is -0.168. The molecule has 2 rings (SSSR count). The van der Waals surface area contributed by atoms with E-state index in [1.54, 1.807) is 0 Å². The van der Waals surface area contributed by atoms with Crippen LogP contribution in [-0.4, -0.2) is 16.1 Å². The molecule has 0 unspecified atom stereocenters. The molecule has 1 heterocycles. The van der Waals surface area contributed by atoms with Crippen LogP contribution in [0, 0.1) is 11.6 Å². The molecule has 1 aromatic carbocycles. The standard InChI is InChI=1S/C12H6BrClF2N2O2/c13-6-3-9(8(16)4-7(6)15)17-11-2-5(12(19)20)1-10(14)18-11/h1-4H,(H,17,18)(H,19,20). The summed E-state index contributed by atoms with van der Waals surface area (Å²) in [5.74, 6) is -2.76. The van der Waals surface area contributed by atoms with E-state index in [-0.39, 0.29) is 26.7 Å². The third-order valence-corrected chi connectivity index (χ3v) is 3.12. The van der Waals surface area contributed by atoms with Crippen LogP contribution in [0.4, 0.5) is 20.3 Å². The highest BCUT2D eigenvalue weighted by molar-refractivity contribution is 9.10. The molecular formula is C12H6BrClF2N2O2. The Balaban J connectivity index is 2.40. The predicted molar refractivity (Wildman–Crippen MR) is 73.5 cm³/mol. The van der Waals surface area contributed by atoms with Gasteiger partial charge in [0.1, 0.15) is 22.6 Å². The molecular weight excluding hydrogens is 357 g/mol. The summed E-state index contributed by atoms with van der Waals surface area (Å²) in [6.45, 7) is 0. The van der Waals surface area contributed by atoms with Crippen LogP contribution in [-0.2, 0) is 0 Å². The molecule has 8 heteroatoms. The lowest BCUT2D eigenvalue weighted by Crippen LogP contribution is -2.02. The molecule has 0 aliphatic carbocycles. The van der Waals surface area contributed by atoms with Crippen molar-refractivity contribution in [1.29, 1.82) is 0 Å². The van der Waals surface area contributed by atoms with Crippen LogP contribution < -0.4 is 5.32 Å². The first-order chi connectivity index (χ1) is 9.36. The van der Waals surface area contributed by atoms with Crippen LogP contribution in [0.5, 0.6) is 0 Å². The van der Waals surface area contributed by atoms with Crippen LogP contribution in [0.3, 0.4) is 0 Å². The van der Waals surface area contributed by atoms with Gasteiger partial charge in [-0.2, -0.15) is 0 Å². The second-order valence-corrected chi connectivity index (χ2v) is 4.98. The molecule has 2 N–H and O–H groups in total. The third-order valence-electron chi connectivity index (χ3n) is 2.31. The molecule has 1 aromatic heterocycles. The minimum absolute atomic E-state index is 0.0345. The molecule has 0 atom stereocenters. The molecule has 0 radical (unpaired) electrons. The van der Waals surface area contributed by atoms with Crippen molar-refractivity contribution in [1.82, 2.24) is 4.98 Å². The van der Waals surface area contributed by atoms with Crippen molar-refractivity contribution >= 4 is 45.0 Å². The first-order valence-corrected chi connectivity index (χ1v) is 6.36. The second-order valence-electron chi connectivity index (χ2n) is 3.74. The van der Waals surface area contributed by atoms with Crippen molar-refractivity contribution in [2.24, 2.45) is 0 Å². The van der Waals surface area contributed by atoms with E-state index in [4.69, 9.17) is 16.7 Å². The summed E-state index contributed by atoms with van der Waals surface area (Å²) >= 11 is 8.60. The lowest BCUT2D eigenvalue weighted by Gasteiger charge is -2.09. The number of benzene rings is 1. The molecule has 104 valence electrons. The Morgan fingerprint density at radius 1 is 1.25 bits per heavy atom. The van der Waals surface area contributed by atoms with Gasteiger partial charge >= 0.3 is 5.97 Å². The lowest BCUT2D eigenvalue weighted by atomic mass is 10.2. The van der Waals surface area contributed by atoms with Gasteiger partial charge in [-0.1, -0.05) is 11.6 Å². The van der Waals surface area contributed by atoms with Crippen molar-refractivity contribution in [3.8, 4) is 0 Å². The lowest BCUT2D eigenvalue weighted by molar-refractivity contribution is 0.0697. The number of halogens is 4. The Labute approximate surface area is 125 Å². The topological polar surface area (TPSA) is 62.2 Å². The molecule has 20 heavy (non-hydrogen) atoms. The van der Waals surface area contributed by atoms with Gasteiger partial charge in [0.05, 0.1) is 15.7 Å². The zero-order chi connectivity index (χ0) is 14.9. The molecule has 0 bridgehead atoms. The van der Waals surface area contributed by atoms with Crippen LogP contribution in [0.1, 0.15) is 10.4 Å². The van der Waals surface area contributed by atoms with Gasteiger partial charge in [-0.05, 0) is 34.1 Å². The number of aromatic nitrogens is 1. The quantitative estimate of drug-likeness (QED) is 0.633. The number of carboxylic acids is 1. The highest BCUT2D eigenvalue weighted by atomic mass is 79.9. The minimum atomic E-state index is -1.20. The number of carboxylic acid groups (broad SMARTS) is 1. The van der Waals surface area contributed by atoms with E-state index in [9.17, 15) is 13.6 Å². The zero-order valence-corrected chi connectivity index (χ0v) is 12.0. The van der Waals surface area contributed by atoms with Crippen molar-refractivity contribution in [3.63, 3.8) is 0 Å². The smallest absolute Gasteiger partial charge is 0.335 e. The first kappa shape index (κ1) is 14.7. The van der Waals surface area contributed by atoms with Gasteiger partial charge in [0.2, 0.25) is 0 Å². The fraction of sp³-hybridized carbons (Fsp3) is 0. The molecule has 2 aromatic rings. The number of carbonyl (C=O) groups is 1. The molecule has 0 fully saturated rings. The van der Waals surface area contributed by atoms with Gasteiger partial charge in [-0.3, -0.25) is 0 Å². The Morgan fingerprint density at radius 2 is 1.95 bits per heavy atom. The molecule has 0 aliphatic rings. The highest BCUT2D eigenvalue weighted by Gasteiger charge is 2.11. The average molecular weight is 364 g/mol. The van der Waals surface area contributed by atoms with Crippen LogP contribution in [0.2, 0.25) is 5.15 Å². The van der Waals surface area contributed by atoms with E-state index in [2.05, 4.69) is 26.2 Å². The fourth-order valence-electron chi connectivity index (χ4n) is 1.44. The SMILES string of the molecule is O=C(O)c1cc(Cl)nc(Nc2cc(Br)c(F)cc2F)c1. The fourth-order valence-corrected chi connectivity index (χ4v) is 1.99. The van der Waals surface area contributed by atoms with E-state index >= 15 is 0 Å². The summed E-state index contributed by atoms with van der Waals surface area (Å²) in [4.78, 5) is 14.7. The summed E-state index contributed by atoms with van der Waals surface area (Å²) in [6.07, 6.45) is 0. The van der Waals surface area contributed by atoms with Gasteiger partial charge < -0.3 is 10.4 Å². The largest absolute Gasteiger partial charge is 0.478 e. The number of aromatic carboxylic acids is 1. The minimum Gasteiger partial charge on any atom is -0.478 e. The van der Waals surface area contributed by atoms with Gasteiger partial charge in [-0.15, -0.1) is 0 Å². The van der Waals surface area contributed by atoms with Gasteiger partial charge in [0.15, 0.2) is 0 Å². The first-order valence-electron chi connectivity index (χ1n) is 5.19. The van der Waals surface area contributed by atoms with Crippen molar-refractivity contribution in [2.75, 3.05) is 5.32 Å². The van der Waals surface area contributed by atoms with Crippen LogP contribution in [0.25, 0.3) is 0 Å².